The van der Waals surface area contributed by atoms with Crippen molar-refractivity contribution >= 4 is 0 Å². The van der Waals surface area contributed by atoms with Crippen molar-refractivity contribution in [3.05, 3.63) is 0 Å². The van der Waals surface area contributed by atoms with Crippen molar-refractivity contribution in [2.45, 2.75) is 52.1 Å². The average molecular weight is 213 g/mol. The lowest BCUT2D eigenvalue weighted by molar-refractivity contribution is 0.0733. The van der Waals surface area contributed by atoms with Crippen LogP contribution in [0.5, 0.6) is 0 Å². The Balaban J connectivity index is 2.15. The fourth-order valence-electron chi connectivity index (χ4n) is 2.38. The fourth-order valence-corrected chi connectivity index (χ4v) is 2.38. The zero-order valence-corrected chi connectivity index (χ0v) is 10.6. The van der Waals surface area contributed by atoms with E-state index in [1.54, 1.807) is 0 Å². The summed E-state index contributed by atoms with van der Waals surface area (Å²) in [6.45, 7) is 6.47. The molecule has 1 fully saturated rings. The summed E-state index contributed by atoms with van der Waals surface area (Å²) < 4.78 is 0. The van der Waals surface area contributed by atoms with E-state index in [2.05, 4.69) is 25.8 Å². The van der Waals surface area contributed by atoms with Crippen molar-refractivity contribution in [3.8, 4) is 0 Å². The summed E-state index contributed by atoms with van der Waals surface area (Å²) in [5.74, 6) is 1.34. The second-order valence-electron chi connectivity index (χ2n) is 5.56. The van der Waals surface area contributed by atoms with Gasteiger partial charge in [0.1, 0.15) is 0 Å². The van der Waals surface area contributed by atoms with Crippen LogP contribution in [0.3, 0.4) is 0 Å². The lowest BCUT2D eigenvalue weighted by Gasteiger charge is -2.24. The molecule has 1 aliphatic rings. The van der Waals surface area contributed by atoms with Crippen LogP contribution in [0, 0.1) is 11.8 Å². The third-order valence-corrected chi connectivity index (χ3v) is 3.53. The zero-order valence-electron chi connectivity index (χ0n) is 10.6. The molecule has 15 heavy (non-hydrogen) atoms. The smallest absolute Gasteiger partial charge is 0.0695 e. The van der Waals surface area contributed by atoms with Crippen molar-refractivity contribution in [1.29, 1.82) is 0 Å². The first-order valence-corrected chi connectivity index (χ1v) is 6.46. The van der Waals surface area contributed by atoms with Gasteiger partial charge in [0.2, 0.25) is 0 Å². The Morgan fingerprint density at radius 3 is 2.40 bits per heavy atom. The first kappa shape index (κ1) is 13.0. The van der Waals surface area contributed by atoms with Gasteiger partial charge >= 0.3 is 0 Å². The molecule has 0 saturated heterocycles. The van der Waals surface area contributed by atoms with Crippen molar-refractivity contribution < 1.29 is 5.11 Å². The lowest BCUT2D eigenvalue weighted by atomic mass is 10.0. The average Bonchev–Trinajstić information content (AvgIpc) is 2.67. The Kier molecular flexibility index (Phi) is 5.62. The van der Waals surface area contributed by atoms with E-state index in [0.717, 1.165) is 19.0 Å². The molecule has 0 heterocycles. The van der Waals surface area contributed by atoms with Gasteiger partial charge in [0.15, 0.2) is 0 Å². The molecule has 1 aliphatic carbocycles. The largest absolute Gasteiger partial charge is 0.392 e. The molecule has 0 aromatic heterocycles. The van der Waals surface area contributed by atoms with Crippen LogP contribution in [-0.2, 0) is 0 Å². The summed E-state index contributed by atoms with van der Waals surface area (Å²) in [6, 6.07) is 0. The summed E-state index contributed by atoms with van der Waals surface area (Å²) >= 11 is 0. The van der Waals surface area contributed by atoms with E-state index < -0.39 is 0 Å². The summed E-state index contributed by atoms with van der Waals surface area (Å²) in [5, 5.41) is 10.0. The minimum Gasteiger partial charge on any atom is -0.392 e. The number of likely N-dealkylation sites (N-methyl/N-ethyl adjacent to an activating group) is 1. The number of hydrogen-bond donors (Lipinski definition) is 1. The van der Waals surface area contributed by atoms with Gasteiger partial charge in [-0.05, 0) is 44.7 Å². The van der Waals surface area contributed by atoms with Crippen LogP contribution in [-0.4, -0.2) is 36.2 Å². The van der Waals surface area contributed by atoms with Crippen molar-refractivity contribution in [1.82, 2.24) is 4.90 Å². The van der Waals surface area contributed by atoms with E-state index in [9.17, 15) is 5.11 Å². The molecular weight excluding hydrogens is 186 g/mol. The maximum Gasteiger partial charge on any atom is 0.0695 e. The standard InChI is InChI=1S/C13H27NO/c1-11(2)8-9-14(3)10-13(15)12-6-4-5-7-12/h11-13,15H,4-10H2,1-3H3. The predicted molar refractivity (Wildman–Crippen MR) is 64.9 cm³/mol. The molecule has 1 atom stereocenters. The highest BCUT2D eigenvalue weighted by Crippen LogP contribution is 2.27. The van der Waals surface area contributed by atoms with Gasteiger partial charge in [-0.1, -0.05) is 26.7 Å². The van der Waals surface area contributed by atoms with E-state index in [4.69, 9.17) is 0 Å². The summed E-state index contributed by atoms with van der Waals surface area (Å²) in [5.41, 5.74) is 0. The van der Waals surface area contributed by atoms with Crippen molar-refractivity contribution in [2.24, 2.45) is 11.8 Å². The molecule has 1 N–H and O–H groups in total. The molecular formula is C13H27NO. The van der Waals surface area contributed by atoms with E-state index >= 15 is 0 Å². The molecule has 2 heteroatoms. The van der Waals surface area contributed by atoms with Crippen LogP contribution < -0.4 is 0 Å². The molecule has 0 bridgehead atoms. The Morgan fingerprint density at radius 1 is 1.27 bits per heavy atom. The Hall–Kier alpha value is -0.0800. The number of hydrogen-bond acceptors (Lipinski definition) is 2. The molecule has 1 rings (SSSR count). The van der Waals surface area contributed by atoms with Gasteiger partial charge in [0.05, 0.1) is 6.10 Å². The van der Waals surface area contributed by atoms with E-state index in [0.29, 0.717) is 5.92 Å². The molecule has 0 radical (unpaired) electrons. The molecule has 1 unspecified atom stereocenters. The molecule has 0 aliphatic heterocycles. The maximum atomic E-state index is 10.0. The quantitative estimate of drug-likeness (QED) is 0.733. The molecule has 0 aromatic rings. The lowest BCUT2D eigenvalue weighted by Crippen LogP contribution is -2.34. The highest BCUT2D eigenvalue weighted by molar-refractivity contribution is 4.76. The van der Waals surface area contributed by atoms with E-state index in [1.165, 1.54) is 32.1 Å². The summed E-state index contributed by atoms with van der Waals surface area (Å²) in [7, 11) is 2.13. The third-order valence-electron chi connectivity index (χ3n) is 3.53. The third kappa shape index (κ3) is 4.98. The van der Waals surface area contributed by atoms with Gasteiger partial charge in [0, 0.05) is 6.54 Å². The van der Waals surface area contributed by atoms with Gasteiger partial charge in [0.25, 0.3) is 0 Å². The van der Waals surface area contributed by atoms with Crippen molar-refractivity contribution in [2.75, 3.05) is 20.1 Å². The Labute approximate surface area is 94.7 Å². The highest BCUT2D eigenvalue weighted by Gasteiger charge is 2.23. The van der Waals surface area contributed by atoms with Crippen LogP contribution in [0.25, 0.3) is 0 Å². The van der Waals surface area contributed by atoms with Gasteiger partial charge in [-0.15, -0.1) is 0 Å². The number of nitrogens with zero attached hydrogens (tertiary/aromatic N) is 1. The number of rotatable bonds is 6. The first-order valence-electron chi connectivity index (χ1n) is 6.46. The molecule has 0 amide bonds. The summed E-state index contributed by atoms with van der Waals surface area (Å²) in [6.07, 6.45) is 6.24. The maximum absolute atomic E-state index is 10.0. The van der Waals surface area contributed by atoms with Crippen LogP contribution in [0.15, 0.2) is 0 Å². The fraction of sp³-hybridized carbons (Fsp3) is 1.00. The normalized spacial score (nSPS) is 20.4. The first-order chi connectivity index (χ1) is 7.09. The van der Waals surface area contributed by atoms with Gasteiger partial charge in [-0.2, -0.15) is 0 Å². The number of aliphatic hydroxyl groups is 1. The Morgan fingerprint density at radius 2 is 1.87 bits per heavy atom. The second kappa shape index (κ2) is 6.49. The van der Waals surface area contributed by atoms with E-state index in [1.807, 2.05) is 0 Å². The van der Waals surface area contributed by atoms with Crippen LogP contribution in [0.4, 0.5) is 0 Å². The Bertz CT molecular complexity index is 164. The molecule has 2 nitrogen and oxygen atoms in total. The van der Waals surface area contributed by atoms with Gasteiger partial charge in [-0.25, -0.2) is 0 Å². The van der Waals surface area contributed by atoms with E-state index in [-0.39, 0.29) is 6.10 Å². The monoisotopic (exact) mass is 213 g/mol. The van der Waals surface area contributed by atoms with Gasteiger partial charge < -0.3 is 10.0 Å². The zero-order chi connectivity index (χ0) is 11.3. The van der Waals surface area contributed by atoms with Crippen LogP contribution in [0.1, 0.15) is 46.0 Å². The minimum atomic E-state index is -0.0929. The second-order valence-corrected chi connectivity index (χ2v) is 5.56. The SMILES string of the molecule is CC(C)CCN(C)CC(O)C1CCCC1. The molecule has 90 valence electrons. The predicted octanol–water partition coefficient (Wildman–Crippen LogP) is 2.52. The highest BCUT2D eigenvalue weighted by atomic mass is 16.3. The topological polar surface area (TPSA) is 23.5 Å². The molecule has 0 spiro atoms. The number of aliphatic hydroxyl groups excluding tert-OH is 1. The van der Waals surface area contributed by atoms with Crippen LogP contribution >= 0.6 is 0 Å². The molecule has 1 saturated carbocycles. The molecule has 0 aromatic carbocycles. The van der Waals surface area contributed by atoms with Crippen molar-refractivity contribution in [3.63, 3.8) is 0 Å². The van der Waals surface area contributed by atoms with Gasteiger partial charge in [-0.3, -0.25) is 0 Å². The minimum absolute atomic E-state index is 0.0929. The van der Waals surface area contributed by atoms with Crippen LogP contribution in [0.2, 0.25) is 0 Å². The summed E-state index contributed by atoms with van der Waals surface area (Å²) in [4.78, 5) is 2.28.